The second-order valence-corrected chi connectivity index (χ2v) is 5.96. The number of thiophene rings is 1. The molecule has 0 fully saturated rings. The minimum absolute atomic E-state index is 0.0313. The van der Waals surface area contributed by atoms with Crippen LogP contribution in [0, 0.1) is 10.1 Å². The lowest BCUT2D eigenvalue weighted by Gasteiger charge is -2.07. The van der Waals surface area contributed by atoms with E-state index < -0.39 is 10.9 Å². The number of nitro groups is 1. The number of carbonyl (C=O) groups is 1. The van der Waals surface area contributed by atoms with Gasteiger partial charge in [0.2, 0.25) is 11.9 Å². The number of aromatic nitrogens is 3. The van der Waals surface area contributed by atoms with Crippen LogP contribution in [0.2, 0.25) is 0 Å². The third-order valence-corrected chi connectivity index (χ3v) is 4.05. The number of anilines is 3. The molecule has 3 aromatic rings. The Labute approximate surface area is 150 Å². The number of rotatable bonds is 6. The highest BCUT2D eigenvalue weighted by molar-refractivity contribution is 7.17. The summed E-state index contributed by atoms with van der Waals surface area (Å²) in [5.41, 5.74) is 6.41. The molecule has 132 valence electrons. The van der Waals surface area contributed by atoms with E-state index in [1.807, 2.05) is 30.3 Å². The minimum Gasteiger partial charge on any atom is -0.453 e. The van der Waals surface area contributed by atoms with Gasteiger partial charge in [0, 0.05) is 11.8 Å². The van der Waals surface area contributed by atoms with E-state index in [2.05, 4.69) is 20.3 Å². The predicted molar refractivity (Wildman–Crippen MR) is 94.1 cm³/mol. The number of hydrogen-bond acceptors (Lipinski definition) is 10. The van der Waals surface area contributed by atoms with Crippen molar-refractivity contribution in [1.29, 1.82) is 0 Å². The number of para-hydroxylation sites is 1. The van der Waals surface area contributed by atoms with Gasteiger partial charge >= 0.3 is 11.0 Å². The zero-order valence-corrected chi connectivity index (χ0v) is 14.0. The summed E-state index contributed by atoms with van der Waals surface area (Å²) in [7, 11) is 0. The summed E-state index contributed by atoms with van der Waals surface area (Å²) in [5, 5.41) is 13.5. The maximum atomic E-state index is 12.0. The lowest BCUT2D eigenvalue weighted by atomic mass is 10.3. The van der Waals surface area contributed by atoms with Gasteiger partial charge < -0.3 is 15.8 Å². The van der Waals surface area contributed by atoms with E-state index in [0.717, 1.165) is 17.0 Å². The molecule has 2 heterocycles. The average Bonchev–Trinajstić information content (AvgIpc) is 3.11. The molecule has 0 spiro atoms. The molecule has 11 heteroatoms. The highest BCUT2D eigenvalue weighted by Gasteiger charge is 2.17. The van der Waals surface area contributed by atoms with E-state index in [-0.39, 0.29) is 34.2 Å². The highest BCUT2D eigenvalue weighted by Crippen LogP contribution is 2.24. The van der Waals surface area contributed by atoms with Gasteiger partial charge in [0.25, 0.3) is 0 Å². The second kappa shape index (κ2) is 7.53. The molecule has 0 unspecified atom stereocenters. The highest BCUT2D eigenvalue weighted by atomic mass is 32.1. The maximum Gasteiger partial charge on any atom is 0.348 e. The van der Waals surface area contributed by atoms with Crippen LogP contribution in [-0.2, 0) is 11.3 Å². The Hall–Kier alpha value is -3.60. The molecule has 0 atom stereocenters. The topological polar surface area (TPSA) is 146 Å². The van der Waals surface area contributed by atoms with Crippen LogP contribution in [0.4, 0.5) is 22.6 Å². The van der Waals surface area contributed by atoms with Crippen LogP contribution >= 0.6 is 11.3 Å². The number of nitrogens with two attached hydrogens (primary N) is 1. The van der Waals surface area contributed by atoms with E-state index in [1.165, 1.54) is 12.1 Å². The zero-order chi connectivity index (χ0) is 18.5. The zero-order valence-electron chi connectivity index (χ0n) is 13.2. The molecule has 0 bridgehead atoms. The van der Waals surface area contributed by atoms with Gasteiger partial charge in [0.05, 0.1) is 4.92 Å². The van der Waals surface area contributed by atoms with Gasteiger partial charge in [0.15, 0.2) is 12.4 Å². The van der Waals surface area contributed by atoms with Crippen LogP contribution in [0.1, 0.15) is 15.5 Å². The number of benzene rings is 1. The summed E-state index contributed by atoms with van der Waals surface area (Å²) in [6, 6.07) is 11.8. The minimum atomic E-state index is -0.709. The molecule has 10 nitrogen and oxygen atoms in total. The monoisotopic (exact) mass is 372 g/mol. The molecule has 0 saturated carbocycles. The van der Waals surface area contributed by atoms with Gasteiger partial charge in [-0.2, -0.15) is 15.0 Å². The maximum absolute atomic E-state index is 12.0. The fraction of sp³-hybridized carbons (Fsp3) is 0.0667. The number of carbonyl (C=O) groups excluding carboxylic acids is 1. The van der Waals surface area contributed by atoms with Gasteiger partial charge in [0.1, 0.15) is 4.88 Å². The first-order valence-corrected chi connectivity index (χ1v) is 8.07. The average molecular weight is 372 g/mol. The van der Waals surface area contributed by atoms with Crippen LogP contribution in [0.25, 0.3) is 0 Å². The number of hydrogen-bond donors (Lipinski definition) is 2. The molecular weight excluding hydrogens is 360 g/mol. The van der Waals surface area contributed by atoms with Crippen molar-refractivity contribution in [2.45, 2.75) is 6.61 Å². The van der Waals surface area contributed by atoms with Crippen molar-refractivity contribution in [3.8, 4) is 0 Å². The predicted octanol–water partition coefficient (Wildman–Crippen LogP) is 2.52. The molecule has 3 rings (SSSR count). The Morgan fingerprint density at radius 3 is 2.65 bits per heavy atom. The lowest BCUT2D eigenvalue weighted by molar-refractivity contribution is -0.380. The molecule has 2 aromatic heterocycles. The Bertz CT molecular complexity index is 946. The quantitative estimate of drug-likeness (QED) is 0.378. The van der Waals surface area contributed by atoms with E-state index in [0.29, 0.717) is 0 Å². The Kier molecular flexibility index (Phi) is 4.99. The third-order valence-electron chi connectivity index (χ3n) is 3.03. The molecule has 26 heavy (non-hydrogen) atoms. The molecule has 0 amide bonds. The number of nitrogens with one attached hydrogen (secondary N) is 1. The molecule has 3 N–H and O–H groups in total. The van der Waals surface area contributed by atoms with E-state index in [9.17, 15) is 14.9 Å². The van der Waals surface area contributed by atoms with Crippen LogP contribution in [0.5, 0.6) is 0 Å². The smallest absolute Gasteiger partial charge is 0.348 e. The summed E-state index contributed by atoms with van der Waals surface area (Å²) in [5.74, 6) is -0.382. The van der Waals surface area contributed by atoms with Crippen molar-refractivity contribution >= 4 is 39.9 Å². The van der Waals surface area contributed by atoms with Gasteiger partial charge in [-0.1, -0.05) is 29.5 Å². The summed E-state index contributed by atoms with van der Waals surface area (Å²) in [6.45, 7) is -0.249. The number of nitrogen functional groups attached to an aromatic ring is 1. The van der Waals surface area contributed by atoms with Crippen LogP contribution in [0.15, 0.2) is 42.5 Å². The Morgan fingerprint density at radius 2 is 1.96 bits per heavy atom. The van der Waals surface area contributed by atoms with Gasteiger partial charge in [-0.3, -0.25) is 10.1 Å². The second-order valence-electron chi connectivity index (χ2n) is 4.90. The first-order valence-electron chi connectivity index (χ1n) is 7.25. The summed E-state index contributed by atoms with van der Waals surface area (Å²) in [6.07, 6.45) is 0. The van der Waals surface area contributed by atoms with E-state index >= 15 is 0 Å². The van der Waals surface area contributed by atoms with Crippen molar-refractivity contribution in [2.75, 3.05) is 11.1 Å². The molecule has 0 radical (unpaired) electrons. The number of esters is 1. The Morgan fingerprint density at radius 1 is 1.19 bits per heavy atom. The van der Waals surface area contributed by atoms with Crippen molar-refractivity contribution in [1.82, 2.24) is 15.0 Å². The van der Waals surface area contributed by atoms with Crippen molar-refractivity contribution in [3.05, 3.63) is 63.3 Å². The van der Waals surface area contributed by atoms with E-state index in [1.54, 1.807) is 0 Å². The fourth-order valence-corrected chi connectivity index (χ4v) is 2.66. The number of nitrogens with zero attached hydrogens (tertiary/aromatic N) is 4. The normalized spacial score (nSPS) is 10.3. The summed E-state index contributed by atoms with van der Waals surface area (Å²) < 4.78 is 5.08. The van der Waals surface area contributed by atoms with Crippen molar-refractivity contribution in [2.24, 2.45) is 0 Å². The van der Waals surface area contributed by atoms with Gasteiger partial charge in [-0.15, -0.1) is 0 Å². The first kappa shape index (κ1) is 17.2. The van der Waals surface area contributed by atoms with Crippen LogP contribution in [0.3, 0.4) is 0 Å². The molecule has 0 aliphatic carbocycles. The first-order chi connectivity index (χ1) is 12.5. The van der Waals surface area contributed by atoms with Crippen LogP contribution in [-0.4, -0.2) is 25.8 Å². The van der Waals surface area contributed by atoms with Gasteiger partial charge in [-0.05, 0) is 18.2 Å². The van der Waals surface area contributed by atoms with Gasteiger partial charge in [-0.25, -0.2) is 4.79 Å². The Balaban J connectivity index is 1.67. The molecule has 1 aromatic carbocycles. The summed E-state index contributed by atoms with van der Waals surface area (Å²) in [4.78, 5) is 34.2. The van der Waals surface area contributed by atoms with Crippen molar-refractivity contribution in [3.63, 3.8) is 0 Å². The molecular formula is C15H12N6O4S. The standard InChI is InChI=1S/C15H12N6O4S/c16-14-18-11(19-15(20-14)17-9-4-2-1-3-5-9)8-25-13(22)10-6-7-12(26-10)21(23)24/h1-7H,8H2,(H3,16,17,18,19,20). The lowest BCUT2D eigenvalue weighted by Crippen LogP contribution is -2.10. The van der Waals surface area contributed by atoms with E-state index in [4.69, 9.17) is 10.5 Å². The fourth-order valence-electron chi connectivity index (χ4n) is 1.95. The third kappa shape index (κ3) is 4.27. The SMILES string of the molecule is Nc1nc(COC(=O)c2ccc([N+](=O)[O-])s2)nc(Nc2ccccc2)n1. The van der Waals surface area contributed by atoms with Crippen LogP contribution < -0.4 is 11.1 Å². The molecule has 0 aliphatic rings. The number of ether oxygens (including phenoxy) is 1. The summed E-state index contributed by atoms with van der Waals surface area (Å²) >= 11 is 0.728. The molecule has 0 aliphatic heterocycles. The molecule has 0 saturated heterocycles. The van der Waals surface area contributed by atoms with Crippen molar-refractivity contribution < 1.29 is 14.5 Å². The largest absolute Gasteiger partial charge is 0.453 e.